The molecule has 0 heterocycles. The Bertz CT molecular complexity index is 1370. The van der Waals surface area contributed by atoms with Gasteiger partial charge in [-0.15, -0.1) is 0 Å². The van der Waals surface area contributed by atoms with E-state index in [1.807, 2.05) is 0 Å². The molecule has 0 bridgehead atoms. The molecule has 0 saturated heterocycles. The highest BCUT2D eigenvalue weighted by molar-refractivity contribution is 5.76. The molecule has 4 nitrogen and oxygen atoms in total. The smallest absolute Gasteiger partial charge is 0.220 e. The van der Waals surface area contributed by atoms with E-state index in [0.717, 1.165) is 109 Å². The molecule has 0 aromatic carbocycles. The van der Waals surface area contributed by atoms with Crippen LogP contribution in [0.1, 0.15) is 206 Å². The fourth-order valence-corrected chi connectivity index (χ4v) is 6.93. The van der Waals surface area contributed by atoms with Crippen molar-refractivity contribution in [2.75, 3.05) is 6.61 Å². The molecule has 0 aromatic rings. The van der Waals surface area contributed by atoms with Crippen LogP contribution in [0.25, 0.3) is 0 Å². The fraction of sp³-hybridized carbons (Fsp3) is 0.583. The third-order valence-corrected chi connectivity index (χ3v) is 10.9. The number of carbonyl (C=O) groups excluding carboxylic acids is 1. The van der Waals surface area contributed by atoms with Crippen LogP contribution in [0.4, 0.5) is 0 Å². The normalized spacial score (nSPS) is 14.1. The van der Waals surface area contributed by atoms with Gasteiger partial charge in [-0.05, 0) is 103 Å². The molecule has 0 fully saturated rings. The highest BCUT2D eigenvalue weighted by atomic mass is 16.3. The second-order valence-corrected chi connectivity index (χ2v) is 16.9. The Balaban J connectivity index is 3.73. The van der Waals surface area contributed by atoms with Crippen molar-refractivity contribution >= 4 is 5.91 Å². The standard InChI is InChI=1S/C60H97NO3/c1-3-5-7-9-11-13-15-17-18-19-20-21-22-23-24-25-26-27-28-29-30-31-32-33-34-35-36-37-38-39-40-41-42-44-46-48-50-52-54-56-60(64)61-58(57-62)59(63)55-53-51-49-47-45-43-16-14-12-10-8-6-4-2/h5,7,11,13,17-18,20-21,23-24,26-27,29-30,32-33,35-36,38-39,41-42,46,48,58-59,62-63H,3-4,6,8-10,12,14-16,19,22,25,28,31,34,37,40,43-45,47,49-57H2,1-2H3,(H,61,64)/b7-5-,13-11-,18-17-,21-20-,24-23-,27-26-,30-29-,33-32-,36-35-,39-38-,42-41-,48-46-. The van der Waals surface area contributed by atoms with Crippen molar-refractivity contribution in [1.82, 2.24) is 5.32 Å². The van der Waals surface area contributed by atoms with Gasteiger partial charge in [0.2, 0.25) is 5.91 Å². The summed E-state index contributed by atoms with van der Waals surface area (Å²) in [6.07, 6.45) is 85.2. The largest absolute Gasteiger partial charge is 0.394 e. The van der Waals surface area contributed by atoms with E-state index in [4.69, 9.17) is 0 Å². The third-order valence-electron chi connectivity index (χ3n) is 10.9. The minimum absolute atomic E-state index is 0.0805. The van der Waals surface area contributed by atoms with Crippen LogP contribution in [0.15, 0.2) is 146 Å². The summed E-state index contributed by atoms with van der Waals surface area (Å²) in [4.78, 5) is 12.4. The van der Waals surface area contributed by atoms with Gasteiger partial charge in [-0.2, -0.15) is 0 Å². The van der Waals surface area contributed by atoms with Crippen LogP contribution in [0.2, 0.25) is 0 Å². The van der Waals surface area contributed by atoms with Gasteiger partial charge in [0, 0.05) is 6.42 Å². The van der Waals surface area contributed by atoms with Crippen LogP contribution in [0, 0.1) is 0 Å². The quantitative estimate of drug-likeness (QED) is 0.0422. The van der Waals surface area contributed by atoms with Gasteiger partial charge >= 0.3 is 0 Å². The van der Waals surface area contributed by atoms with E-state index < -0.39 is 12.1 Å². The fourth-order valence-electron chi connectivity index (χ4n) is 6.93. The molecular weight excluding hydrogens is 783 g/mol. The first-order valence-electron chi connectivity index (χ1n) is 26.0. The number of unbranched alkanes of at least 4 members (excludes halogenated alkanes) is 14. The molecule has 0 saturated carbocycles. The van der Waals surface area contributed by atoms with Crippen molar-refractivity contribution in [3.63, 3.8) is 0 Å². The third kappa shape index (κ3) is 49.3. The van der Waals surface area contributed by atoms with E-state index in [1.165, 1.54) is 70.6 Å². The van der Waals surface area contributed by atoms with Gasteiger partial charge in [0.25, 0.3) is 0 Å². The first kappa shape index (κ1) is 60.3. The van der Waals surface area contributed by atoms with Gasteiger partial charge in [-0.1, -0.05) is 243 Å². The molecule has 0 aliphatic carbocycles. The van der Waals surface area contributed by atoms with Gasteiger partial charge in [-0.25, -0.2) is 0 Å². The summed E-state index contributed by atoms with van der Waals surface area (Å²) in [5.74, 6) is -0.0805. The summed E-state index contributed by atoms with van der Waals surface area (Å²) >= 11 is 0. The van der Waals surface area contributed by atoms with Crippen LogP contribution in [0.3, 0.4) is 0 Å². The lowest BCUT2D eigenvalue weighted by molar-refractivity contribution is -0.123. The highest BCUT2D eigenvalue weighted by Crippen LogP contribution is 2.14. The second-order valence-electron chi connectivity index (χ2n) is 16.9. The van der Waals surface area contributed by atoms with Crippen LogP contribution in [-0.4, -0.2) is 34.9 Å². The molecule has 4 heteroatoms. The number of aliphatic hydroxyl groups is 2. The lowest BCUT2D eigenvalue weighted by atomic mass is 10.0. The SMILES string of the molecule is CC/C=C\C/C=C\C/C=C\C/C=C\C/C=C\C/C=C\C/C=C\C/C=C\C/C=C\C/C=C\C/C=C\C/C=C\CCCCC(=O)NC(CO)C(O)CCCCCCCCCCCCCCC. The van der Waals surface area contributed by atoms with Gasteiger partial charge in [0.15, 0.2) is 0 Å². The van der Waals surface area contributed by atoms with E-state index in [2.05, 4.69) is 165 Å². The minimum Gasteiger partial charge on any atom is -0.394 e. The molecule has 0 aliphatic rings. The topological polar surface area (TPSA) is 69.6 Å². The Morgan fingerprint density at radius 1 is 0.391 bits per heavy atom. The van der Waals surface area contributed by atoms with E-state index in [-0.39, 0.29) is 12.5 Å². The van der Waals surface area contributed by atoms with E-state index in [1.54, 1.807) is 0 Å². The summed E-state index contributed by atoms with van der Waals surface area (Å²) < 4.78 is 0. The summed E-state index contributed by atoms with van der Waals surface area (Å²) in [5.41, 5.74) is 0. The van der Waals surface area contributed by atoms with Crippen molar-refractivity contribution in [1.29, 1.82) is 0 Å². The Kier molecular flexibility index (Phi) is 50.5. The van der Waals surface area contributed by atoms with Crippen molar-refractivity contribution < 1.29 is 15.0 Å². The molecule has 3 N–H and O–H groups in total. The summed E-state index contributed by atoms with van der Waals surface area (Å²) in [6, 6.07) is -0.569. The predicted molar refractivity (Wildman–Crippen MR) is 285 cm³/mol. The number of hydrogen-bond donors (Lipinski definition) is 3. The number of amides is 1. The number of nitrogens with one attached hydrogen (secondary N) is 1. The molecule has 0 aromatic heterocycles. The van der Waals surface area contributed by atoms with Crippen molar-refractivity contribution in [3.8, 4) is 0 Å². The molecule has 0 radical (unpaired) electrons. The second kappa shape index (κ2) is 53.6. The highest BCUT2D eigenvalue weighted by Gasteiger charge is 2.19. The maximum Gasteiger partial charge on any atom is 0.220 e. The molecule has 2 atom stereocenters. The van der Waals surface area contributed by atoms with Crippen molar-refractivity contribution in [2.45, 2.75) is 219 Å². The maximum absolute atomic E-state index is 12.4. The summed E-state index contributed by atoms with van der Waals surface area (Å²) in [5, 5.41) is 23.1. The van der Waals surface area contributed by atoms with E-state index >= 15 is 0 Å². The average Bonchev–Trinajstić information content (AvgIpc) is 3.30. The van der Waals surface area contributed by atoms with Gasteiger partial charge < -0.3 is 15.5 Å². The van der Waals surface area contributed by atoms with Crippen LogP contribution in [0.5, 0.6) is 0 Å². The number of aliphatic hydroxyl groups excluding tert-OH is 2. The Labute approximate surface area is 395 Å². The summed E-state index contributed by atoms with van der Waals surface area (Å²) in [6.45, 7) is 4.21. The molecule has 360 valence electrons. The first-order chi connectivity index (χ1) is 31.7. The lowest BCUT2D eigenvalue weighted by Gasteiger charge is -2.22. The van der Waals surface area contributed by atoms with Gasteiger partial charge in [0.05, 0.1) is 18.8 Å². The molecule has 64 heavy (non-hydrogen) atoms. The van der Waals surface area contributed by atoms with Gasteiger partial charge in [-0.3, -0.25) is 4.79 Å². The molecular formula is C60H97NO3. The molecule has 0 spiro atoms. The van der Waals surface area contributed by atoms with Crippen molar-refractivity contribution in [3.05, 3.63) is 146 Å². The molecule has 0 aliphatic heterocycles. The van der Waals surface area contributed by atoms with Gasteiger partial charge in [0.1, 0.15) is 0 Å². The van der Waals surface area contributed by atoms with Crippen LogP contribution in [-0.2, 0) is 4.79 Å². The van der Waals surface area contributed by atoms with Crippen molar-refractivity contribution in [2.24, 2.45) is 0 Å². The zero-order chi connectivity index (χ0) is 46.3. The average molecular weight is 880 g/mol. The lowest BCUT2D eigenvalue weighted by Crippen LogP contribution is -2.45. The van der Waals surface area contributed by atoms with E-state index in [9.17, 15) is 15.0 Å². The number of hydrogen-bond acceptors (Lipinski definition) is 3. The molecule has 1 amide bonds. The Hall–Kier alpha value is -3.73. The Morgan fingerprint density at radius 2 is 0.688 bits per heavy atom. The monoisotopic (exact) mass is 880 g/mol. The maximum atomic E-state index is 12.4. The zero-order valence-electron chi connectivity index (χ0n) is 41.2. The first-order valence-corrected chi connectivity index (χ1v) is 26.0. The minimum atomic E-state index is -0.687. The number of rotatable bonds is 45. The Morgan fingerprint density at radius 3 is 1.00 bits per heavy atom. The molecule has 2 unspecified atom stereocenters. The van der Waals surface area contributed by atoms with Crippen LogP contribution < -0.4 is 5.32 Å². The number of allylic oxidation sites excluding steroid dienone is 24. The van der Waals surface area contributed by atoms with E-state index in [0.29, 0.717) is 12.8 Å². The van der Waals surface area contributed by atoms with Crippen LogP contribution >= 0.6 is 0 Å². The number of carbonyl (C=O) groups is 1. The predicted octanol–water partition coefficient (Wildman–Crippen LogP) is 17.2. The summed E-state index contributed by atoms with van der Waals surface area (Å²) in [7, 11) is 0. The zero-order valence-corrected chi connectivity index (χ0v) is 41.2. The molecule has 0 rings (SSSR count).